The third kappa shape index (κ3) is 5.40. The molecule has 1 aromatic rings. The molecule has 1 N–H and O–H groups in total. The summed E-state index contributed by atoms with van der Waals surface area (Å²) < 4.78 is 12.4. The molecule has 1 aromatic heterocycles. The second-order valence-corrected chi connectivity index (χ2v) is 7.28. The molecule has 1 aliphatic heterocycles. The van der Waals surface area contributed by atoms with Gasteiger partial charge >= 0.3 is 6.09 Å². The third-order valence-electron chi connectivity index (χ3n) is 4.05. The van der Waals surface area contributed by atoms with Crippen LogP contribution in [0, 0.1) is 0 Å². The SMILES string of the molecule is COc1cc(CNC2CCCN(C(=O)OC(C)(C)C)CC2)nn1C. The van der Waals surface area contributed by atoms with E-state index >= 15 is 0 Å². The van der Waals surface area contributed by atoms with E-state index in [9.17, 15) is 4.79 Å². The summed E-state index contributed by atoms with van der Waals surface area (Å²) in [6.45, 7) is 7.87. The molecule has 0 saturated carbocycles. The second-order valence-electron chi connectivity index (χ2n) is 7.28. The minimum atomic E-state index is -0.445. The van der Waals surface area contributed by atoms with Gasteiger partial charge in [-0.2, -0.15) is 5.10 Å². The number of nitrogens with one attached hydrogen (secondary N) is 1. The van der Waals surface area contributed by atoms with Crippen LogP contribution >= 0.6 is 0 Å². The molecule has 0 aromatic carbocycles. The van der Waals surface area contributed by atoms with Crippen molar-refractivity contribution in [1.29, 1.82) is 0 Å². The molecule has 2 heterocycles. The van der Waals surface area contributed by atoms with Gasteiger partial charge in [0.25, 0.3) is 0 Å². The molecule has 7 nitrogen and oxygen atoms in total. The first-order chi connectivity index (χ1) is 11.3. The number of hydrogen-bond donors (Lipinski definition) is 1. The maximum atomic E-state index is 12.2. The summed E-state index contributed by atoms with van der Waals surface area (Å²) in [5, 5.41) is 7.96. The van der Waals surface area contributed by atoms with Gasteiger partial charge in [-0.15, -0.1) is 0 Å². The quantitative estimate of drug-likeness (QED) is 0.912. The van der Waals surface area contributed by atoms with Gasteiger partial charge in [0.2, 0.25) is 5.88 Å². The molecule has 1 amide bonds. The number of rotatable bonds is 4. The van der Waals surface area contributed by atoms with E-state index < -0.39 is 5.60 Å². The maximum Gasteiger partial charge on any atom is 0.410 e. The number of aryl methyl sites for hydroxylation is 1. The Hall–Kier alpha value is -1.76. The first-order valence-electron chi connectivity index (χ1n) is 8.56. The molecular weight excluding hydrogens is 308 g/mol. The van der Waals surface area contributed by atoms with Crippen molar-refractivity contribution in [1.82, 2.24) is 20.0 Å². The summed E-state index contributed by atoms with van der Waals surface area (Å²) >= 11 is 0. The largest absolute Gasteiger partial charge is 0.481 e. The van der Waals surface area contributed by atoms with Crippen LogP contribution in [0.25, 0.3) is 0 Å². The topological polar surface area (TPSA) is 68.6 Å². The van der Waals surface area contributed by atoms with Crippen LogP contribution in [0.5, 0.6) is 5.88 Å². The first-order valence-corrected chi connectivity index (χ1v) is 8.56. The fourth-order valence-electron chi connectivity index (χ4n) is 2.84. The van der Waals surface area contributed by atoms with Crippen molar-refractivity contribution in [2.75, 3.05) is 20.2 Å². The van der Waals surface area contributed by atoms with E-state index in [-0.39, 0.29) is 6.09 Å². The van der Waals surface area contributed by atoms with Crippen LogP contribution in [0.2, 0.25) is 0 Å². The minimum absolute atomic E-state index is 0.211. The summed E-state index contributed by atoms with van der Waals surface area (Å²) in [5.74, 6) is 0.753. The van der Waals surface area contributed by atoms with Gasteiger partial charge < -0.3 is 19.7 Å². The molecule has 1 aliphatic rings. The van der Waals surface area contributed by atoms with E-state index in [4.69, 9.17) is 9.47 Å². The fraction of sp³-hybridized carbons (Fsp3) is 0.765. The molecule has 0 aliphatic carbocycles. The van der Waals surface area contributed by atoms with Crippen LogP contribution in [0.1, 0.15) is 45.7 Å². The Labute approximate surface area is 144 Å². The van der Waals surface area contributed by atoms with Crippen LogP contribution < -0.4 is 10.1 Å². The Morgan fingerprint density at radius 2 is 2.12 bits per heavy atom. The number of hydrogen-bond acceptors (Lipinski definition) is 5. The highest BCUT2D eigenvalue weighted by molar-refractivity contribution is 5.68. The molecule has 7 heteroatoms. The molecule has 1 atom stereocenters. The lowest BCUT2D eigenvalue weighted by Crippen LogP contribution is -2.38. The lowest BCUT2D eigenvalue weighted by Gasteiger charge is -2.26. The van der Waals surface area contributed by atoms with Gasteiger partial charge in [-0.05, 0) is 40.0 Å². The smallest absolute Gasteiger partial charge is 0.410 e. The van der Waals surface area contributed by atoms with Gasteiger partial charge in [0, 0.05) is 38.8 Å². The number of aromatic nitrogens is 2. The summed E-state index contributed by atoms with van der Waals surface area (Å²) in [6, 6.07) is 2.32. The molecule has 1 fully saturated rings. The summed E-state index contributed by atoms with van der Waals surface area (Å²) in [6.07, 6.45) is 2.73. The number of amides is 1. The zero-order valence-corrected chi connectivity index (χ0v) is 15.5. The highest BCUT2D eigenvalue weighted by Crippen LogP contribution is 2.16. The predicted octanol–water partition coefficient (Wildman–Crippen LogP) is 2.31. The highest BCUT2D eigenvalue weighted by Gasteiger charge is 2.25. The van der Waals surface area contributed by atoms with Crippen LogP contribution in [0.15, 0.2) is 6.07 Å². The molecule has 1 saturated heterocycles. The first kappa shape index (κ1) is 18.6. The Morgan fingerprint density at radius 3 is 2.75 bits per heavy atom. The average Bonchev–Trinajstić information content (AvgIpc) is 2.70. The van der Waals surface area contributed by atoms with Gasteiger partial charge in [-0.25, -0.2) is 9.48 Å². The fourth-order valence-corrected chi connectivity index (χ4v) is 2.84. The Morgan fingerprint density at radius 1 is 1.38 bits per heavy atom. The van der Waals surface area contributed by atoms with Crippen molar-refractivity contribution in [2.24, 2.45) is 7.05 Å². The van der Waals surface area contributed by atoms with Gasteiger partial charge in [-0.3, -0.25) is 0 Å². The van der Waals surface area contributed by atoms with E-state index in [1.807, 2.05) is 38.8 Å². The van der Waals surface area contributed by atoms with Crippen LogP contribution in [0.3, 0.4) is 0 Å². The molecule has 1 unspecified atom stereocenters. The lowest BCUT2D eigenvalue weighted by atomic mass is 10.1. The van der Waals surface area contributed by atoms with Gasteiger partial charge in [0.15, 0.2) is 0 Å². The number of carbonyl (C=O) groups is 1. The Kier molecular flexibility index (Phi) is 6.10. The Balaban J connectivity index is 1.81. The highest BCUT2D eigenvalue weighted by atomic mass is 16.6. The second kappa shape index (κ2) is 7.88. The minimum Gasteiger partial charge on any atom is -0.481 e. The number of methoxy groups -OCH3 is 1. The van der Waals surface area contributed by atoms with Crippen molar-refractivity contribution in [3.05, 3.63) is 11.8 Å². The molecular formula is C17H30N4O3. The van der Waals surface area contributed by atoms with Crippen LogP contribution in [-0.2, 0) is 18.3 Å². The monoisotopic (exact) mass is 338 g/mol. The molecule has 0 radical (unpaired) electrons. The molecule has 24 heavy (non-hydrogen) atoms. The number of nitrogens with zero attached hydrogens (tertiary/aromatic N) is 3. The maximum absolute atomic E-state index is 12.2. The van der Waals surface area contributed by atoms with Gasteiger partial charge in [-0.1, -0.05) is 0 Å². The lowest BCUT2D eigenvalue weighted by molar-refractivity contribution is 0.0256. The number of ether oxygens (including phenoxy) is 2. The van der Waals surface area contributed by atoms with E-state index in [0.29, 0.717) is 12.6 Å². The standard InChI is InChI=1S/C17H30N4O3/c1-17(2,3)24-16(22)21-9-6-7-13(8-10-21)18-12-14-11-15(23-5)20(4)19-14/h11,13,18H,6-10,12H2,1-5H3. The zero-order chi connectivity index (χ0) is 17.7. The summed E-state index contributed by atoms with van der Waals surface area (Å²) in [7, 11) is 3.51. The van der Waals surface area contributed by atoms with Crippen molar-refractivity contribution in [2.45, 2.75) is 58.2 Å². The average molecular weight is 338 g/mol. The molecule has 0 spiro atoms. The van der Waals surface area contributed by atoms with E-state index in [0.717, 1.165) is 43.9 Å². The van der Waals surface area contributed by atoms with E-state index in [1.165, 1.54) is 0 Å². The van der Waals surface area contributed by atoms with Crippen LogP contribution in [0.4, 0.5) is 4.79 Å². The number of likely N-dealkylation sites (tertiary alicyclic amines) is 1. The zero-order valence-electron chi connectivity index (χ0n) is 15.5. The van der Waals surface area contributed by atoms with Crippen molar-refractivity contribution in [3.8, 4) is 5.88 Å². The number of carbonyl (C=O) groups excluding carboxylic acids is 1. The normalized spacial score (nSPS) is 19.0. The Bertz CT molecular complexity index is 551. The summed E-state index contributed by atoms with van der Waals surface area (Å²) in [5.41, 5.74) is 0.515. The predicted molar refractivity (Wildman–Crippen MR) is 92.0 cm³/mol. The van der Waals surface area contributed by atoms with Crippen molar-refractivity contribution >= 4 is 6.09 Å². The third-order valence-corrected chi connectivity index (χ3v) is 4.05. The van der Waals surface area contributed by atoms with E-state index in [2.05, 4.69) is 10.4 Å². The van der Waals surface area contributed by atoms with Gasteiger partial charge in [0.1, 0.15) is 5.60 Å². The van der Waals surface area contributed by atoms with Gasteiger partial charge in [0.05, 0.1) is 12.8 Å². The van der Waals surface area contributed by atoms with Crippen LogP contribution in [-0.4, -0.2) is 52.6 Å². The molecule has 0 bridgehead atoms. The van der Waals surface area contributed by atoms with E-state index in [1.54, 1.807) is 11.8 Å². The molecule has 2 rings (SSSR count). The van der Waals surface area contributed by atoms with Crippen molar-refractivity contribution in [3.63, 3.8) is 0 Å². The van der Waals surface area contributed by atoms with Crippen molar-refractivity contribution < 1.29 is 14.3 Å². The molecule has 136 valence electrons. The summed E-state index contributed by atoms with van der Waals surface area (Å²) in [4.78, 5) is 14.0.